The topological polar surface area (TPSA) is 298 Å². The van der Waals surface area contributed by atoms with E-state index in [4.69, 9.17) is 47.3 Å². The van der Waals surface area contributed by atoms with Crippen LogP contribution in [0, 0.1) is 0 Å². The average Bonchev–Trinajstić information content (AvgIpc) is 4.05. The Hall–Kier alpha value is -4.21. The van der Waals surface area contributed by atoms with Gasteiger partial charge in [-0.2, -0.15) is 0 Å². The number of aromatic nitrogens is 2. The standard InChI is InChI=1S/C16H14N4O3S2.C12H24B2O4.C8H6BrN3OS.C8H8BrNO2S.2CH4/c17-14-10-4-12(24-13(10)11(5-20-14)15(18)21)7-1-2-9-8(3-7)6-25(22,23)16(9)19;1-9(2)10(3,4)16-13(15-9)14-17-11(5,6)12(7,8)18-14;9-5-1-3-6(14-5)4(8(11)13)2-12-7(3)10;1-10-8-3-2-7(9)4-6(8)5-13(10,11)12;;/h1-5,16H,6,19H2,(H2,17,20)(H2,18,21);1-8H3;1-2H,(H2,10,12)(H2,11,13);2-4H,5H2,1H3;2*1H4. The van der Waals surface area contributed by atoms with Crippen molar-refractivity contribution in [2.45, 2.75) is 110 Å². The number of nitrogen functional groups attached to an aromatic ring is 2. The molecule has 4 aliphatic rings. The Morgan fingerprint density at radius 2 is 1.17 bits per heavy atom. The van der Waals surface area contributed by atoms with Crippen molar-refractivity contribution in [2.24, 2.45) is 17.2 Å². The summed E-state index contributed by atoms with van der Waals surface area (Å²) in [5.74, 6) is -0.300. The van der Waals surface area contributed by atoms with Crippen molar-refractivity contribution in [3.63, 3.8) is 0 Å². The van der Waals surface area contributed by atoms with Gasteiger partial charge in [-0.25, -0.2) is 26.8 Å². The van der Waals surface area contributed by atoms with Crippen molar-refractivity contribution < 1.29 is 45.0 Å². The molecule has 10 rings (SSSR count). The fourth-order valence-electron chi connectivity index (χ4n) is 7.63. The van der Waals surface area contributed by atoms with Gasteiger partial charge >= 0.3 is 14.0 Å². The first-order valence-electron chi connectivity index (χ1n) is 21.4. The lowest BCUT2D eigenvalue weighted by Gasteiger charge is -2.32. The van der Waals surface area contributed by atoms with Crippen molar-refractivity contribution in [3.8, 4) is 10.4 Å². The molecule has 72 heavy (non-hydrogen) atoms. The van der Waals surface area contributed by atoms with Gasteiger partial charge in [0, 0.05) is 39.6 Å². The smallest absolute Gasteiger partial charge is 0.405 e. The number of benzene rings is 2. The summed E-state index contributed by atoms with van der Waals surface area (Å²) in [4.78, 5) is 31.4. The van der Waals surface area contributed by atoms with Gasteiger partial charge in [0.05, 0.1) is 63.9 Å². The van der Waals surface area contributed by atoms with Crippen LogP contribution in [0.3, 0.4) is 0 Å². The number of rotatable bonds is 4. The minimum absolute atomic E-state index is 0. The second-order valence-corrected chi connectivity index (χ2v) is 27.4. The number of pyridine rings is 2. The van der Waals surface area contributed by atoms with Crippen LogP contribution in [-0.4, -0.2) is 82.1 Å². The van der Waals surface area contributed by atoms with E-state index >= 15 is 0 Å². The second-order valence-electron chi connectivity index (χ2n) is 18.9. The molecule has 0 spiro atoms. The van der Waals surface area contributed by atoms with Gasteiger partial charge in [-0.3, -0.25) is 13.9 Å². The number of carbonyl (C=O) groups is 2. The fraction of sp³-hybridized carbons (Fsp3) is 0.391. The Balaban J connectivity index is 0.000000183. The van der Waals surface area contributed by atoms with E-state index in [1.807, 2.05) is 97.9 Å². The first-order valence-corrected chi connectivity index (χ1v) is 28.0. The van der Waals surface area contributed by atoms with E-state index < -0.39 is 51.1 Å². The minimum atomic E-state index is -3.34. The molecule has 2 fully saturated rings. The van der Waals surface area contributed by atoms with Crippen LogP contribution in [0.15, 0.2) is 69.2 Å². The molecular formula is C46H60B2Br2N8O10S4. The van der Waals surface area contributed by atoms with Gasteiger partial charge in [0.2, 0.25) is 10.0 Å². The first kappa shape index (κ1) is 58.7. The Labute approximate surface area is 446 Å². The van der Waals surface area contributed by atoms with Gasteiger partial charge < -0.3 is 47.3 Å². The zero-order valence-corrected chi connectivity index (χ0v) is 46.1. The molecule has 18 nitrogen and oxygen atoms in total. The quantitative estimate of drug-likeness (QED) is 0.103. The summed E-state index contributed by atoms with van der Waals surface area (Å²) >= 11 is 9.42. The summed E-state index contributed by atoms with van der Waals surface area (Å²) in [6, 6.07) is 14.5. The summed E-state index contributed by atoms with van der Waals surface area (Å²) < 4.78 is 75.3. The predicted molar refractivity (Wildman–Crippen MR) is 299 cm³/mol. The molecule has 1 unspecified atom stereocenters. The minimum Gasteiger partial charge on any atom is -0.405 e. The van der Waals surface area contributed by atoms with Gasteiger partial charge in [-0.05, 0) is 130 Å². The highest BCUT2D eigenvalue weighted by Gasteiger charge is 2.63. The molecule has 2 aromatic carbocycles. The number of sulfonamides is 1. The normalized spacial score (nSPS) is 19.8. The fourth-order valence-corrected chi connectivity index (χ4v) is 13.6. The molecule has 10 N–H and O–H groups in total. The van der Waals surface area contributed by atoms with Crippen LogP contribution in [0.5, 0.6) is 0 Å². The van der Waals surface area contributed by atoms with Crippen LogP contribution in [0.25, 0.3) is 30.6 Å². The van der Waals surface area contributed by atoms with Crippen molar-refractivity contribution in [1.82, 2.24) is 9.97 Å². The Morgan fingerprint density at radius 1 is 0.694 bits per heavy atom. The number of sulfone groups is 1. The maximum atomic E-state index is 12.0. The average molecular weight is 1190 g/mol. The maximum Gasteiger partial charge on any atom is 0.488 e. The van der Waals surface area contributed by atoms with Gasteiger partial charge in [-0.1, -0.05) is 42.9 Å². The Kier molecular flexibility index (Phi) is 17.0. The van der Waals surface area contributed by atoms with Crippen molar-refractivity contribution >= 4 is 138 Å². The Morgan fingerprint density at radius 3 is 1.65 bits per heavy atom. The van der Waals surface area contributed by atoms with E-state index in [9.17, 15) is 26.4 Å². The molecule has 2 amide bonds. The number of amides is 2. The molecule has 0 saturated carbocycles. The van der Waals surface area contributed by atoms with Crippen molar-refractivity contribution in [1.29, 1.82) is 0 Å². The van der Waals surface area contributed by atoms with Crippen molar-refractivity contribution in [2.75, 3.05) is 22.8 Å². The van der Waals surface area contributed by atoms with Crippen LogP contribution < -0.4 is 33.0 Å². The van der Waals surface area contributed by atoms with Gasteiger partial charge in [0.15, 0.2) is 9.84 Å². The van der Waals surface area contributed by atoms with E-state index in [1.54, 1.807) is 13.1 Å². The van der Waals surface area contributed by atoms with E-state index in [0.717, 1.165) is 40.0 Å². The summed E-state index contributed by atoms with van der Waals surface area (Å²) in [5.41, 5.74) is 31.0. The molecule has 0 bridgehead atoms. The molecule has 1 atom stereocenters. The van der Waals surface area contributed by atoms with E-state index in [-0.39, 0.29) is 48.8 Å². The number of halogens is 2. The monoisotopic (exact) mass is 1190 g/mol. The van der Waals surface area contributed by atoms with Crippen molar-refractivity contribution in [3.05, 3.63) is 97.0 Å². The zero-order valence-electron chi connectivity index (χ0n) is 39.6. The number of primary amides is 2. The molecule has 4 aliphatic heterocycles. The third-order valence-electron chi connectivity index (χ3n) is 13.1. The number of hydrogen-bond donors (Lipinski definition) is 5. The first-order chi connectivity index (χ1) is 32.3. The molecule has 2 saturated heterocycles. The lowest BCUT2D eigenvalue weighted by Crippen LogP contribution is -2.41. The van der Waals surface area contributed by atoms with Crippen LogP contribution in [0.4, 0.5) is 17.3 Å². The lowest BCUT2D eigenvalue weighted by molar-refractivity contribution is 0.00578. The summed E-state index contributed by atoms with van der Waals surface area (Å²) in [7, 11) is -5.80. The lowest BCUT2D eigenvalue weighted by atomic mass is 9.49. The molecule has 388 valence electrons. The maximum absolute atomic E-state index is 12.0. The van der Waals surface area contributed by atoms with Gasteiger partial charge in [-0.15, -0.1) is 22.7 Å². The zero-order chi connectivity index (χ0) is 51.8. The third-order valence-corrected chi connectivity index (χ3v) is 19.9. The Bertz CT molecular complexity index is 3250. The summed E-state index contributed by atoms with van der Waals surface area (Å²) in [6.45, 7) is 16.2. The number of fused-ring (bicyclic) bond motifs is 4. The number of carbonyl (C=O) groups excluding carboxylic acids is 2. The highest BCUT2D eigenvalue weighted by atomic mass is 79.9. The molecule has 6 aromatic rings. The van der Waals surface area contributed by atoms with Gasteiger partial charge in [0.25, 0.3) is 11.8 Å². The van der Waals surface area contributed by atoms with E-state index in [1.165, 1.54) is 39.4 Å². The number of hydrogen-bond acceptors (Lipinski definition) is 17. The van der Waals surface area contributed by atoms with Gasteiger partial charge in [0.1, 0.15) is 17.0 Å². The summed E-state index contributed by atoms with van der Waals surface area (Å²) in [6.07, 6.45) is 2.78. The van der Waals surface area contributed by atoms with Crippen LogP contribution in [-0.2, 0) is 50.0 Å². The molecule has 0 radical (unpaired) electrons. The number of nitrogens with two attached hydrogens (primary N) is 5. The number of nitrogens with zero attached hydrogens (tertiary/aromatic N) is 3. The molecule has 0 aliphatic carbocycles. The highest BCUT2D eigenvalue weighted by Crippen LogP contribution is 2.44. The van der Waals surface area contributed by atoms with Crippen LogP contribution >= 0.6 is 54.5 Å². The molecule has 26 heteroatoms. The SMILES string of the molecule is C.C.CC1(C)OB(B2OC(C)(C)C(C)(C)O2)OC1(C)C.CN1c2ccc(Br)cc2CS1(=O)=O.NC(=O)c1cnc(N)c2cc(-c3ccc4c(c3)CS(=O)(=O)C4N)sc12.NC(=O)c1cnc(N)c2cc(Br)sc12. The second kappa shape index (κ2) is 20.8. The third kappa shape index (κ3) is 11.4. The van der Waals surface area contributed by atoms with E-state index in [0.29, 0.717) is 44.0 Å². The van der Waals surface area contributed by atoms with E-state index in [2.05, 4.69) is 41.8 Å². The highest BCUT2D eigenvalue weighted by molar-refractivity contribution is 9.11. The van der Waals surface area contributed by atoms with Crippen LogP contribution in [0.1, 0.15) is 113 Å². The predicted octanol–water partition coefficient (Wildman–Crippen LogP) is 8.52. The molecular weight excluding hydrogens is 1130 g/mol. The number of anilines is 3. The number of thiophene rings is 2. The molecule has 4 aromatic heterocycles. The molecule has 8 heterocycles. The summed E-state index contributed by atoms with van der Waals surface area (Å²) in [5, 5.41) is 0.444. The largest absolute Gasteiger partial charge is 0.488 e. The van der Waals surface area contributed by atoms with Crippen LogP contribution in [0.2, 0.25) is 0 Å².